The van der Waals surface area contributed by atoms with Gasteiger partial charge >= 0.3 is 18.3 Å². The molecule has 1 saturated heterocycles. The number of carbonyl (C=O) groups excluding carboxylic acids is 2. The van der Waals surface area contributed by atoms with Gasteiger partial charge in [-0.25, -0.2) is 14.6 Å². The number of urea groups is 1. The van der Waals surface area contributed by atoms with Crippen molar-refractivity contribution in [2.24, 2.45) is 5.10 Å². The second-order valence-electron chi connectivity index (χ2n) is 7.76. The molecule has 33 heavy (non-hydrogen) atoms. The first-order valence-corrected chi connectivity index (χ1v) is 10.2. The minimum Gasteiger partial charge on any atom is -0.448 e. The molecule has 174 valence electrons. The van der Waals surface area contributed by atoms with Crippen LogP contribution in [0.4, 0.5) is 22.8 Å². The average molecular weight is 462 g/mol. The number of hydrogen-bond donors (Lipinski definition) is 1. The number of ether oxygens (including phenoxy) is 1. The topological polar surface area (TPSA) is 100 Å². The van der Waals surface area contributed by atoms with Gasteiger partial charge in [-0.1, -0.05) is 12.1 Å². The van der Waals surface area contributed by atoms with Crippen LogP contribution < -0.4 is 5.32 Å². The van der Waals surface area contributed by atoms with Gasteiger partial charge in [-0.2, -0.15) is 18.3 Å². The lowest BCUT2D eigenvalue weighted by atomic mass is 10.1. The van der Waals surface area contributed by atoms with Crippen molar-refractivity contribution in [3.63, 3.8) is 0 Å². The van der Waals surface area contributed by atoms with Crippen LogP contribution in [-0.4, -0.2) is 63.5 Å². The Labute approximate surface area is 187 Å². The van der Waals surface area contributed by atoms with Gasteiger partial charge in [0, 0.05) is 12.4 Å². The minimum atomic E-state index is -4.54. The molecule has 1 unspecified atom stereocenters. The first-order valence-electron chi connectivity index (χ1n) is 10.2. The van der Waals surface area contributed by atoms with E-state index in [0.29, 0.717) is 23.5 Å². The number of hydrogen-bond acceptors (Lipinski definition) is 6. The monoisotopic (exact) mass is 462 g/mol. The third-order valence-electron chi connectivity index (χ3n) is 5.38. The average Bonchev–Trinajstić information content (AvgIpc) is 3.40. The van der Waals surface area contributed by atoms with Gasteiger partial charge in [-0.3, -0.25) is 14.9 Å². The Hall–Kier alpha value is -3.70. The number of rotatable bonds is 4. The lowest BCUT2D eigenvalue weighted by Gasteiger charge is -2.23. The van der Waals surface area contributed by atoms with E-state index in [1.54, 1.807) is 19.2 Å². The van der Waals surface area contributed by atoms with Crippen LogP contribution in [0.1, 0.15) is 35.5 Å². The molecular weight excluding hydrogens is 441 g/mol. The second-order valence-corrected chi connectivity index (χ2v) is 7.76. The number of nitrogens with zero attached hydrogens (tertiary/aromatic N) is 5. The van der Waals surface area contributed by atoms with Crippen LogP contribution in [0.5, 0.6) is 0 Å². The van der Waals surface area contributed by atoms with Crippen LogP contribution in [0.15, 0.2) is 41.8 Å². The summed E-state index contributed by atoms with van der Waals surface area (Å²) >= 11 is 0. The van der Waals surface area contributed by atoms with E-state index in [1.165, 1.54) is 16.0 Å². The molecule has 12 heteroatoms. The number of carbonyl (C=O) groups is 2. The molecule has 4 rings (SSSR count). The summed E-state index contributed by atoms with van der Waals surface area (Å²) < 4.78 is 43.2. The summed E-state index contributed by atoms with van der Waals surface area (Å²) in [6.45, 7) is 4.20. The summed E-state index contributed by atoms with van der Waals surface area (Å²) in [7, 11) is 0. The van der Waals surface area contributed by atoms with Gasteiger partial charge in [0.25, 0.3) is 0 Å². The number of aryl methyl sites for hydroxylation is 1. The molecule has 0 bridgehead atoms. The Balaban J connectivity index is 1.52. The van der Waals surface area contributed by atoms with Crippen molar-refractivity contribution < 1.29 is 27.5 Å². The largest absolute Gasteiger partial charge is 0.448 e. The number of hydrazone groups is 1. The number of pyridine rings is 2. The van der Waals surface area contributed by atoms with E-state index in [9.17, 15) is 22.8 Å². The van der Waals surface area contributed by atoms with E-state index < -0.39 is 36.1 Å². The Bertz CT molecular complexity index is 1070. The van der Waals surface area contributed by atoms with Gasteiger partial charge in [0.05, 0.1) is 24.8 Å². The van der Waals surface area contributed by atoms with Crippen molar-refractivity contribution >= 4 is 17.8 Å². The molecule has 2 atom stereocenters. The van der Waals surface area contributed by atoms with Crippen LogP contribution in [-0.2, 0) is 10.9 Å². The van der Waals surface area contributed by atoms with Crippen molar-refractivity contribution in [2.45, 2.75) is 32.1 Å². The predicted molar refractivity (Wildman–Crippen MR) is 110 cm³/mol. The maximum Gasteiger partial charge on any atom is 0.433 e. The second kappa shape index (κ2) is 8.68. The van der Waals surface area contributed by atoms with Gasteiger partial charge in [0.15, 0.2) is 0 Å². The summed E-state index contributed by atoms with van der Waals surface area (Å²) in [5.41, 5.74) is 1.32. The molecule has 1 N–H and O–H groups in total. The molecule has 0 radical (unpaired) electrons. The third-order valence-corrected chi connectivity index (χ3v) is 5.38. The number of cyclic esters (lactones) is 1. The molecule has 1 fully saturated rings. The van der Waals surface area contributed by atoms with Crippen LogP contribution in [0, 0.1) is 6.92 Å². The van der Waals surface area contributed by atoms with E-state index in [1.807, 2.05) is 13.0 Å². The number of nitrogens with one attached hydrogen (secondary N) is 1. The summed E-state index contributed by atoms with van der Waals surface area (Å²) in [6.07, 6.45) is -2.29. The predicted octanol–water partition coefficient (Wildman–Crippen LogP) is 3.12. The highest BCUT2D eigenvalue weighted by molar-refractivity contribution is 6.06. The third kappa shape index (κ3) is 4.73. The summed E-state index contributed by atoms with van der Waals surface area (Å²) in [4.78, 5) is 34.3. The van der Waals surface area contributed by atoms with Crippen LogP contribution in [0.25, 0.3) is 0 Å². The molecule has 4 heterocycles. The van der Waals surface area contributed by atoms with E-state index in [2.05, 4.69) is 20.4 Å². The molecule has 9 nitrogen and oxygen atoms in total. The Kier molecular flexibility index (Phi) is 5.91. The van der Waals surface area contributed by atoms with Gasteiger partial charge < -0.3 is 10.1 Å². The molecular formula is C21H21F3N6O3. The Morgan fingerprint density at radius 2 is 2.00 bits per heavy atom. The quantitative estimate of drug-likeness (QED) is 0.753. The van der Waals surface area contributed by atoms with Crippen LogP contribution >= 0.6 is 0 Å². The Morgan fingerprint density at radius 1 is 1.21 bits per heavy atom. The van der Waals surface area contributed by atoms with Crippen LogP contribution in [0.2, 0.25) is 0 Å². The molecule has 0 aliphatic carbocycles. The van der Waals surface area contributed by atoms with Crippen molar-refractivity contribution in [3.8, 4) is 0 Å². The van der Waals surface area contributed by atoms with Crippen LogP contribution in [0.3, 0.4) is 0 Å². The number of amides is 3. The zero-order valence-electron chi connectivity index (χ0n) is 17.8. The fourth-order valence-electron chi connectivity index (χ4n) is 3.56. The van der Waals surface area contributed by atoms with E-state index >= 15 is 0 Å². The lowest BCUT2D eigenvalue weighted by Crippen LogP contribution is -2.46. The lowest BCUT2D eigenvalue weighted by molar-refractivity contribution is -0.141. The van der Waals surface area contributed by atoms with Crippen molar-refractivity contribution in [1.82, 2.24) is 25.2 Å². The number of alkyl halides is 3. The standard InChI is InChI=1S/C21H21F3N6O3/c1-12-3-5-15(25-9-12)18-16(29-7-8-33-20(29)32)11-30(28-18)19(31)27-13(2)14-4-6-17(26-10-14)21(22,23)24/h3-6,9-10,13,16H,7-8,11H2,1-2H3,(H,27,31)/t13?,16-/m1/s1. The molecule has 2 aromatic rings. The van der Waals surface area contributed by atoms with Crippen molar-refractivity contribution in [3.05, 3.63) is 59.2 Å². The zero-order valence-corrected chi connectivity index (χ0v) is 17.8. The fourth-order valence-corrected chi connectivity index (χ4v) is 3.56. The van der Waals surface area contributed by atoms with Crippen molar-refractivity contribution in [1.29, 1.82) is 0 Å². The number of halogens is 3. The highest BCUT2D eigenvalue weighted by Crippen LogP contribution is 2.28. The molecule has 3 amide bonds. The van der Waals surface area contributed by atoms with Gasteiger partial charge in [-0.05, 0) is 37.1 Å². The van der Waals surface area contributed by atoms with Gasteiger partial charge in [0.2, 0.25) is 0 Å². The Morgan fingerprint density at radius 3 is 2.58 bits per heavy atom. The van der Waals surface area contributed by atoms with Crippen molar-refractivity contribution in [2.75, 3.05) is 19.7 Å². The highest BCUT2D eigenvalue weighted by atomic mass is 19.4. The van der Waals surface area contributed by atoms with E-state index in [4.69, 9.17) is 4.74 Å². The first-order chi connectivity index (χ1) is 15.6. The molecule has 2 aliphatic rings. The summed E-state index contributed by atoms with van der Waals surface area (Å²) in [5.74, 6) is 0. The normalized spacial score (nSPS) is 19.4. The SMILES string of the molecule is Cc1ccc(C2=NN(C(=O)NC(C)c3ccc(C(F)(F)F)nc3)C[C@H]2N2CCOC2=O)nc1. The first kappa shape index (κ1) is 22.5. The number of aromatic nitrogens is 2. The fraction of sp³-hybridized carbons (Fsp3) is 0.381. The van der Waals surface area contributed by atoms with Gasteiger partial charge in [0.1, 0.15) is 24.1 Å². The highest BCUT2D eigenvalue weighted by Gasteiger charge is 2.41. The summed E-state index contributed by atoms with van der Waals surface area (Å²) in [5, 5.41) is 8.29. The maximum atomic E-state index is 12.9. The maximum absolute atomic E-state index is 12.9. The smallest absolute Gasteiger partial charge is 0.433 e. The molecule has 2 aliphatic heterocycles. The molecule has 0 spiro atoms. The zero-order chi connectivity index (χ0) is 23.8. The van der Waals surface area contributed by atoms with Gasteiger partial charge in [-0.15, -0.1) is 0 Å². The molecule has 0 saturated carbocycles. The summed E-state index contributed by atoms with van der Waals surface area (Å²) in [6, 6.07) is 4.01. The van der Waals surface area contributed by atoms with E-state index in [0.717, 1.165) is 17.8 Å². The molecule has 0 aromatic carbocycles. The van der Waals surface area contributed by atoms with E-state index in [-0.39, 0.29) is 13.2 Å². The molecule has 2 aromatic heterocycles. The minimum absolute atomic E-state index is 0.0871.